The fourth-order valence-corrected chi connectivity index (χ4v) is 2.90. The Bertz CT molecular complexity index is 946. The van der Waals surface area contributed by atoms with Crippen molar-refractivity contribution in [1.29, 1.82) is 5.26 Å². The SMILES string of the molecule is CCCOc1c(Cl)cc(/C=C(\C#N)C(=O)Nc2ccc(C)cc2C)cc1OC. The Hall–Kier alpha value is -2.97. The van der Waals surface area contributed by atoms with Crippen molar-refractivity contribution in [2.24, 2.45) is 0 Å². The number of carbonyl (C=O) groups excluding carboxylic acids is 1. The molecule has 2 rings (SSSR count). The van der Waals surface area contributed by atoms with Crippen LogP contribution in [0, 0.1) is 25.2 Å². The van der Waals surface area contributed by atoms with E-state index >= 15 is 0 Å². The van der Waals surface area contributed by atoms with Gasteiger partial charge in [-0.05, 0) is 55.7 Å². The molecule has 0 spiro atoms. The van der Waals surface area contributed by atoms with Crippen molar-refractivity contribution < 1.29 is 14.3 Å². The smallest absolute Gasteiger partial charge is 0.266 e. The van der Waals surface area contributed by atoms with Crippen LogP contribution >= 0.6 is 11.6 Å². The van der Waals surface area contributed by atoms with Gasteiger partial charge in [-0.2, -0.15) is 5.26 Å². The molecule has 1 amide bonds. The maximum absolute atomic E-state index is 12.5. The standard InChI is InChI=1S/C22H23ClN2O3/c1-5-8-28-21-18(23)11-16(12-20(21)27-4)10-17(13-24)22(26)25-19-7-6-14(2)9-15(19)3/h6-7,9-12H,5,8H2,1-4H3,(H,25,26)/b17-10+. The zero-order valence-electron chi connectivity index (χ0n) is 16.4. The van der Waals surface area contributed by atoms with E-state index in [1.54, 1.807) is 12.1 Å². The van der Waals surface area contributed by atoms with Crippen molar-refractivity contribution in [3.05, 3.63) is 57.6 Å². The predicted octanol–water partition coefficient (Wildman–Crippen LogP) is 5.30. The fourth-order valence-electron chi connectivity index (χ4n) is 2.63. The molecule has 2 aromatic carbocycles. The first-order valence-corrected chi connectivity index (χ1v) is 9.28. The predicted molar refractivity (Wildman–Crippen MR) is 112 cm³/mol. The Kier molecular flexibility index (Phi) is 7.48. The molecule has 0 fully saturated rings. The molecule has 0 aliphatic heterocycles. The minimum Gasteiger partial charge on any atom is -0.493 e. The van der Waals surface area contributed by atoms with Crippen LogP contribution in [0.15, 0.2) is 35.9 Å². The van der Waals surface area contributed by atoms with Crippen molar-refractivity contribution in [2.75, 3.05) is 19.0 Å². The first kappa shape index (κ1) is 21.3. The quantitative estimate of drug-likeness (QED) is 0.507. The lowest BCUT2D eigenvalue weighted by Crippen LogP contribution is -2.14. The van der Waals surface area contributed by atoms with Crippen LogP contribution in [0.5, 0.6) is 11.5 Å². The highest BCUT2D eigenvalue weighted by molar-refractivity contribution is 6.32. The molecule has 5 nitrogen and oxygen atoms in total. The summed E-state index contributed by atoms with van der Waals surface area (Å²) in [5.41, 5.74) is 3.21. The summed E-state index contributed by atoms with van der Waals surface area (Å²) in [6, 6.07) is 10.9. The Labute approximate surface area is 170 Å². The molecule has 2 aromatic rings. The Morgan fingerprint density at radius 1 is 1.29 bits per heavy atom. The van der Waals surface area contributed by atoms with Crippen LogP contribution in [-0.4, -0.2) is 19.6 Å². The van der Waals surface area contributed by atoms with Crippen molar-refractivity contribution in [1.82, 2.24) is 0 Å². The molecule has 6 heteroatoms. The molecule has 0 heterocycles. The number of rotatable bonds is 7. The number of methoxy groups -OCH3 is 1. The summed E-state index contributed by atoms with van der Waals surface area (Å²) in [4.78, 5) is 12.5. The lowest BCUT2D eigenvalue weighted by atomic mass is 10.1. The number of hydrogen-bond acceptors (Lipinski definition) is 4. The number of carbonyl (C=O) groups is 1. The third-order valence-corrected chi connectivity index (χ3v) is 4.29. The third kappa shape index (κ3) is 5.28. The second-order valence-corrected chi connectivity index (χ2v) is 6.73. The summed E-state index contributed by atoms with van der Waals surface area (Å²) in [6.07, 6.45) is 2.30. The molecule has 0 saturated heterocycles. The number of amides is 1. The van der Waals surface area contributed by atoms with Crippen LogP contribution in [0.4, 0.5) is 5.69 Å². The number of aryl methyl sites for hydroxylation is 2. The van der Waals surface area contributed by atoms with E-state index in [0.29, 0.717) is 34.4 Å². The molecule has 0 aromatic heterocycles. The zero-order chi connectivity index (χ0) is 20.7. The topological polar surface area (TPSA) is 71.3 Å². The van der Waals surface area contributed by atoms with Gasteiger partial charge >= 0.3 is 0 Å². The second kappa shape index (κ2) is 9.82. The highest BCUT2D eigenvalue weighted by Crippen LogP contribution is 2.37. The number of benzene rings is 2. The van der Waals surface area contributed by atoms with Gasteiger partial charge in [0.05, 0.1) is 18.7 Å². The van der Waals surface area contributed by atoms with E-state index in [0.717, 1.165) is 17.5 Å². The van der Waals surface area contributed by atoms with E-state index < -0.39 is 5.91 Å². The second-order valence-electron chi connectivity index (χ2n) is 6.32. The van der Waals surface area contributed by atoms with Crippen molar-refractivity contribution in [3.8, 4) is 17.6 Å². The van der Waals surface area contributed by atoms with E-state index in [4.69, 9.17) is 21.1 Å². The molecule has 1 N–H and O–H groups in total. The van der Waals surface area contributed by atoms with Crippen LogP contribution in [0.25, 0.3) is 6.08 Å². The van der Waals surface area contributed by atoms with Gasteiger partial charge in [0.1, 0.15) is 11.6 Å². The van der Waals surface area contributed by atoms with E-state index in [1.165, 1.54) is 13.2 Å². The van der Waals surface area contributed by atoms with Gasteiger partial charge in [-0.1, -0.05) is 36.2 Å². The van der Waals surface area contributed by atoms with Gasteiger partial charge in [0, 0.05) is 5.69 Å². The zero-order valence-corrected chi connectivity index (χ0v) is 17.2. The molecule has 0 aliphatic rings. The third-order valence-electron chi connectivity index (χ3n) is 4.01. The lowest BCUT2D eigenvalue weighted by Gasteiger charge is -2.13. The average molecular weight is 399 g/mol. The number of nitriles is 1. The monoisotopic (exact) mass is 398 g/mol. The van der Waals surface area contributed by atoms with Gasteiger partial charge in [0.15, 0.2) is 11.5 Å². The maximum Gasteiger partial charge on any atom is 0.266 e. The van der Waals surface area contributed by atoms with Gasteiger partial charge in [0.2, 0.25) is 0 Å². The van der Waals surface area contributed by atoms with Crippen molar-refractivity contribution in [2.45, 2.75) is 27.2 Å². The Morgan fingerprint density at radius 3 is 2.64 bits per heavy atom. The summed E-state index contributed by atoms with van der Waals surface area (Å²) >= 11 is 6.30. The highest BCUT2D eigenvalue weighted by Gasteiger charge is 2.14. The van der Waals surface area contributed by atoms with Crippen LogP contribution in [0.3, 0.4) is 0 Å². The molecule has 0 saturated carbocycles. The summed E-state index contributed by atoms with van der Waals surface area (Å²) in [5.74, 6) is 0.400. The van der Waals surface area contributed by atoms with Crippen molar-refractivity contribution in [3.63, 3.8) is 0 Å². The number of nitrogens with zero attached hydrogens (tertiary/aromatic N) is 1. The molecule has 0 unspecified atom stereocenters. The molecule has 0 aliphatic carbocycles. The Balaban J connectivity index is 2.31. The van der Waals surface area contributed by atoms with Gasteiger partial charge in [-0.25, -0.2) is 0 Å². The number of ether oxygens (including phenoxy) is 2. The average Bonchev–Trinajstić information content (AvgIpc) is 2.66. The first-order valence-electron chi connectivity index (χ1n) is 8.90. The molecule has 28 heavy (non-hydrogen) atoms. The number of halogens is 1. The van der Waals surface area contributed by atoms with Crippen LogP contribution in [0.2, 0.25) is 5.02 Å². The summed E-state index contributed by atoms with van der Waals surface area (Å²) < 4.78 is 11.0. The molecule has 0 bridgehead atoms. The largest absolute Gasteiger partial charge is 0.493 e. The van der Waals surface area contributed by atoms with E-state index in [-0.39, 0.29) is 5.57 Å². The summed E-state index contributed by atoms with van der Waals surface area (Å²) in [7, 11) is 1.51. The van der Waals surface area contributed by atoms with Crippen LogP contribution in [0.1, 0.15) is 30.0 Å². The molecule has 0 radical (unpaired) electrons. The minimum absolute atomic E-state index is 0.0414. The summed E-state index contributed by atoms with van der Waals surface area (Å²) in [5, 5.41) is 12.6. The van der Waals surface area contributed by atoms with E-state index in [9.17, 15) is 10.1 Å². The van der Waals surface area contributed by atoms with E-state index in [1.807, 2.05) is 45.0 Å². The lowest BCUT2D eigenvalue weighted by molar-refractivity contribution is -0.112. The van der Waals surface area contributed by atoms with Gasteiger partial charge in [-0.15, -0.1) is 0 Å². The molecular formula is C22H23ClN2O3. The van der Waals surface area contributed by atoms with Gasteiger partial charge in [0.25, 0.3) is 5.91 Å². The molecular weight excluding hydrogens is 376 g/mol. The molecule has 146 valence electrons. The van der Waals surface area contributed by atoms with Crippen LogP contribution in [-0.2, 0) is 4.79 Å². The van der Waals surface area contributed by atoms with Gasteiger partial charge in [-0.3, -0.25) is 4.79 Å². The minimum atomic E-state index is -0.490. The summed E-state index contributed by atoms with van der Waals surface area (Å²) in [6.45, 7) is 6.38. The molecule has 0 atom stereocenters. The number of anilines is 1. The van der Waals surface area contributed by atoms with Crippen molar-refractivity contribution >= 4 is 29.3 Å². The maximum atomic E-state index is 12.5. The Morgan fingerprint density at radius 2 is 2.04 bits per heavy atom. The normalized spacial score (nSPS) is 10.9. The van der Waals surface area contributed by atoms with Crippen LogP contribution < -0.4 is 14.8 Å². The van der Waals surface area contributed by atoms with Gasteiger partial charge < -0.3 is 14.8 Å². The highest BCUT2D eigenvalue weighted by atomic mass is 35.5. The first-order chi connectivity index (χ1) is 13.4. The number of nitrogens with one attached hydrogen (secondary N) is 1. The number of hydrogen-bond donors (Lipinski definition) is 1. The fraction of sp³-hybridized carbons (Fsp3) is 0.273. The van der Waals surface area contributed by atoms with E-state index in [2.05, 4.69) is 5.32 Å².